The van der Waals surface area contributed by atoms with Crippen LogP contribution < -0.4 is 4.90 Å². The highest BCUT2D eigenvalue weighted by Crippen LogP contribution is 2.35. The monoisotopic (exact) mass is 420 g/mol. The van der Waals surface area contributed by atoms with Crippen LogP contribution in [0, 0.1) is 11.3 Å². The van der Waals surface area contributed by atoms with Gasteiger partial charge in [0.05, 0.1) is 17.2 Å². The fraction of sp³-hybridized carbons (Fsp3) is 0.0909. The number of para-hydroxylation sites is 1. The quantitative estimate of drug-likeness (QED) is 0.306. The van der Waals surface area contributed by atoms with E-state index in [4.69, 9.17) is 22.2 Å². The number of amides is 1. The van der Waals surface area contributed by atoms with Crippen LogP contribution in [0.1, 0.15) is 18.1 Å². The normalized spacial score (nSPS) is 15.5. The second-order valence-corrected chi connectivity index (χ2v) is 7.59. The maximum atomic E-state index is 12.8. The number of thioether (sulfide) groups is 1. The summed E-state index contributed by atoms with van der Waals surface area (Å²) in [7, 11) is 0. The summed E-state index contributed by atoms with van der Waals surface area (Å²) >= 11 is 6.62. The summed E-state index contributed by atoms with van der Waals surface area (Å²) in [5.41, 5.74) is 2.17. The lowest BCUT2D eigenvalue weighted by atomic mass is 10.1. The molecule has 1 aliphatic heterocycles. The predicted octanol–water partition coefficient (Wildman–Crippen LogP) is 4.56. The number of rotatable bonds is 5. The number of benzene rings is 2. The van der Waals surface area contributed by atoms with Crippen molar-refractivity contribution in [2.75, 3.05) is 11.5 Å². The highest BCUT2D eigenvalue weighted by molar-refractivity contribution is 8.27. The van der Waals surface area contributed by atoms with Gasteiger partial charge in [-0.1, -0.05) is 66.4 Å². The summed E-state index contributed by atoms with van der Waals surface area (Å²) in [6.45, 7) is 1.89. The van der Waals surface area contributed by atoms with Crippen molar-refractivity contribution in [3.63, 3.8) is 0 Å². The van der Waals surface area contributed by atoms with Gasteiger partial charge in [-0.3, -0.25) is 9.69 Å². The van der Waals surface area contributed by atoms with Gasteiger partial charge in [-0.15, -0.1) is 0 Å². The number of thiocarbonyl (C=S) groups is 1. The molecule has 0 radical (unpaired) electrons. The number of hydrogen-bond acceptors (Lipinski definition) is 6. The minimum atomic E-state index is -0.649. The van der Waals surface area contributed by atoms with Crippen LogP contribution in [-0.2, 0) is 14.3 Å². The predicted molar refractivity (Wildman–Crippen MR) is 119 cm³/mol. The number of nitriles is 1. The molecule has 0 atom stereocenters. The lowest BCUT2D eigenvalue weighted by molar-refractivity contribution is -0.137. The molecule has 0 saturated carbocycles. The molecule has 1 aliphatic rings. The summed E-state index contributed by atoms with van der Waals surface area (Å²) in [5, 5.41) is 9.12. The Morgan fingerprint density at radius 1 is 1.17 bits per heavy atom. The minimum Gasteiger partial charge on any atom is -0.462 e. The van der Waals surface area contributed by atoms with Gasteiger partial charge in [0.25, 0.3) is 5.91 Å². The van der Waals surface area contributed by atoms with Crippen LogP contribution >= 0.6 is 24.0 Å². The molecule has 2 aromatic carbocycles. The van der Waals surface area contributed by atoms with E-state index in [0.717, 1.165) is 11.3 Å². The topological polar surface area (TPSA) is 70.4 Å². The van der Waals surface area contributed by atoms with Crippen molar-refractivity contribution < 1.29 is 14.3 Å². The number of ether oxygens (including phenoxy) is 1. The first kappa shape index (κ1) is 20.5. The molecule has 3 rings (SSSR count). The van der Waals surface area contributed by atoms with E-state index in [2.05, 4.69) is 0 Å². The Labute approximate surface area is 178 Å². The molecule has 0 unspecified atom stereocenters. The molecule has 144 valence electrons. The molecule has 7 heteroatoms. The van der Waals surface area contributed by atoms with Gasteiger partial charge in [0.2, 0.25) is 0 Å². The zero-order valence-corrected chi connectivity index (χ0v) is 17.1. The second-order valence-electron chi connectivity index (χ2n) is 5.91. The van der Waals surface area contributed by atoms with Crippen LogP contribution in [0.25, 0.3) is 12.2 Å². The number of esters is 1. The van der Waals surface area contributed by atoms with E-state index in [1.807, 2.05) is 36.4 Å². The third-order valence-corrected chi connectivity index (χ3v) is 5.27. The molecule has 1 heterocycles. The highest BCUT2D eigenvalue weighted by Gasteiger charge is 2.33. The Morgan fingerprint density at radius 3 is 2.45 bits per heavy atom. The molecular formula is C22H16N2O3S2. The molecule has 0 bridgehead atoms. The maximum absolute atomic E-state index is 12.8. The van der Waals surface area contributed by atoms with Gasteiger partial charge in [0, 0.05) is 0 Å². The van der Waals surface area contributed by atoms with Gasteiger partial charge in [0.1, 0.15) is 11.6 Å². The SMILES string of the molecule is CCOC(=O)/C(C#N)=C\c1ccc(/C=C2/SC(=S)N(c3ccccc3)C2=O)cc1. The molecule has 1 saturated heterocycles. The van der Waals surface area contributed by atoms with E-state index in [1.54, 1.807) is 37.3 Å². The summed E-state index contributed by atoms with van der Waals surface area (Å²) in [6.07, 6.45) is 3.24. The molecule has 1 fully saturated rings. The van der Waals surface area contributed by atoms with Crippen LogP contribution in [0.15, 0.2) is 65.1 Å². The van der Waals surface area contributed by atoms with E-state index in [9.17, 15) is 9.59 Å². The number of anilines is 1. The average molecular weight is 421 g/mol. The van der Waals surface area contributed by atoms with Crippen LogP contribution in [0.5, 0.6) is 0 Å². The van der Waals surface area contributed by atoms with E-state index in [0.29, 0.717) is 14.8 Å². The Bertz CT molecular complexity index is 1050. The lowest BCUT2D eigenvalue weighted by Crippen LogP contribution is -2.27. The zero-order chi connectivity index (χ0) is 20.8. The van der Waals surface area contributed by atoms with Crippen molar-refractivity contribution in [1.29, 1.82) is 5.26 Å². The first-order chi connectivity index (χ1) is 14.0. The molecule has 0 N–H and O–H groups in total. The standard InChI is InChI=1S/C22H16N2O3S2/c1-2-27-21(26)17(14-23)12-15-8-10-16(11-9-15)13-19-20(25)24(22(28)29-19)18-6-4-3-5-7-18/h3-13H,2H2,1H3/b17-12-,19-13+. The van der Waals surface area contributed by atoms with Crippen molar-refractivity contribution >= 4 is 58.0 Å². The molecule has 0 aliphatic carbocycles. The maximum Gasteiger partial charge on any atom is 0.348 e. The Balaban J connectivity index is 1.80. The Morgan fingerprint density at radius 2 is 1.83 bits per heavy atom. The van der Waals surface area contributed by atoms with Gasteiger partial charge in [-0.2, -0.15) is 5.26 Å². The van der Waals surface area contributed by atoms with Gasteiger partial charge in [0.15, 0.2) is 4.32 Å². The van der Waals surface area contributed by atoms with Crippen LogP contribution in [0.3, 0.4) is 0 Å². The summed E-state index contributed by atoms with van der Waals surface area (Å²) in [6, 6.07) is 18.3. The minimum absolute atomic E-state index is 0.0664. The molecule has 29 heavy (non-hydrogen) atoms. The molecule has 1 amide bonds. The van der Waals surface area contributed by atoms with E-state index >= 15 is 0 Å². The fourth-order valence-corrected chi connectivity index (χ4v) is 3.92. The van der Waals surface area contributed by atoms with Crippen molar-refractivity contribution in [3.05, 3.63) is 76.2 Å². The molecule has 2 aromatic rings. The van der Waals surface area contributed by atoms with Gasteiger partial charge in [-0.25, -0.2) is 4.79 Å². The van der Waals surface area contributed by atoms with E-state index in [1.165, 1.54) is 22.7 Å². The second kappa shape index (κ2) is 9.32. The Kier molecular flexibility index (Phi) is 6.60. The molecule has 5 nitrogen and oxygen atoms in total. The van der Waals surface area contributed by atoms with Crippen LogP contribution in [0.4, 0.5) is 5.69 Å². The fourth-order valence-electron chi connectivity index (χ4n) is 2.62. The lowest BCUT2D eigenvalue weighted by Gasteiger charge is -2.13. The number of nitrogens with zero attached hydrogens (tertiary/aromatic N) is 2. The zero-order valence-electron chi connectivity index (χ0n) is 15.5. The largest absolute Gasteiger partial charge is 0.462 e. The summed E-state index contributed by atoms with van der Waals surface area (Å²) < 4.78 is 5.34. The van der Waals surface area contributed by atoms with E-state index < -0.39 is 5.97 Å². The van der Waals surface area contributed by atoms with Crippen molar-refractivity contribution in [1.82, 2.24) is 0 Å². The number of carbonyl (C=O) groups excluding carboxylic acids is 2. The summed E-state index contributed by atoms with van der Waals surface area (Å²) in [4.78, 5) is 26.5. The Hall–Kier alpha value is -3.21. The van der Waals surface area contributed by atoms with Gasteiger partial charge < -0.3 is 4.74 Å². The van der Waals surface area contributed by atoms with E-state index in [-0.39, 0.29) is 18.1 Å². The number of carbonyl (C=O) groups is 2. The molecular weight excluding hydrogens is 404 g/mol. The van der Waals surface area contributed by atoms with Crippen LogP contribution in [-0.4, -0.2) is 22.8 Å². The van der Waals surface area contributed by atoms with Gasteiger partial charge >= 0.3 is 5.97 Å². The van der Waals surface area contributed by atoms with Gasteiger partial charge in [-0.05, 0) is 42.3 Å². The average Bonchev–Trinajstić information content (AvgIpc) is 3.01. The number of hydrogen-bond donors (Lipinski definition) is 0. The van der Waals surface area contributed by atoms with Crippen molar-refractivity contribution in [3.8, 4) is 6.07 Å². The summed E-state index contributed by atoms with van der Waals surface area (Å²) in [5.74, 6) is -0.812. The molecule has 0 spiro atoms. The first-order valence-electron chi connectivity index (χ1n) is 8.75. The molecule has 0 aromatic heterocycles. The first-order valence-corrected chi connectivity index (χ1v) is 9.98. The third kappa shape index (κ3) is 4.80. The van der Waals surface area contributed by atoms with Crippen molar-refractivity contribution in [2.45, 2.75) is 6.92 Å². The third-order valence-electron chi connectivity index (χ3n) is 3.97. The highest BCUT2D eigenvalue weighted by atomic mass is 32.2. The van der Waals surface area contributed by atoms with Crippen molar-refractivity contribution in [2.24, 2.45) is 0 Å². The van der Waals surface area contributed by atoms with Crippen LogP contribution in [0.2, 0.25) is 0 Å². The smallest absolute Gasteiger partial charge is 0.348 e.